The molecular formula is C20H30N3O2S+. The molecule has 0 aromatic carbocycles. The smallest absolute Gasteiger partial charge is 0.322 e. The Balaban J connectivity index is 1.28. The van der Waals surface area contributed by atoms with E-state index in [9.17, 15) is 9.59 Å². The first-order valence-corrected chi connectivity index (χ1v) is 10.9. The molecule has 4 fully saturated rings. The summed E-state index contributed by atoms with van der Waals surface area (Å²) in [6.07, 6.45) is 7.35. The van der Waals surface area contributed by atoms with E-state index >= 15 is 0 Å². The van der Waals surface area contributed by atoms with Crippen molar-refractivity contribution in [3.63, 3.8) is 0 Å². The van der Waals surface area contributed by atoms with Crippen molar-refractivity contribution in [2.75, 3.05) is 13.1 Å². The zero-order valence-corrected chi connectivity index (χ0v) is 16.4. The molecule has 1 atom stereocenters. The molecule has 4 aliphatic rings. The summed E-state index contributed by atoms with van der Waals surface area (Å²) < 4.78 is 0. The van der Waals surface area contributed by atoms with Crippen LogP contribution in [-0.4, -0.2) is 30.6 Å². The third kappa shape index (κ3) is 3.96. The van der Waals surface area contributed by atoms with Crippen LogP contribution in [-0.2, 0) is 11.3 Å². The fraction of sp³-hybridized carbons (Fsp3) is 0.700. The highest BCUT2D eigenvalue weighted by Crippen LogP contribution is 2.55. The number of rotatable bonds is 6. The summed E-state index contributed by atoms with van der Waals surface area (Å²) in [4.78, 5) is 27.3. The second-order valence-electron chi connectivity index (χ2n) is 8.74. The Bertz CT molecular complexity index is 623. The highest BCUT2D eigenvalue weighted by atomic mass is 32.1. The molecule has 1 unspecified atom stereocenters. The van der Waals surface area contributed by atoms with Crippen LogP contribution in [0.1, 0.15) is 50.3 Å². The lowest BCUT2D eigenvalue weighted by Gasteiger charge is -2.56. The van der Waals surface area contributed by atoms with Gasteiger partial charge in [0.05, 0.1) is 11.4 Å². The molecule has 5 rings (SSSR count). The van der Waals surface area contributed by atoms with Crippen molar-refractivity contribution in [3.8, 4) is 0 Å². The summed E-state index contributed by atoms with van der Waals surface area (Å²) in [5, 5.41) is 7.86. The minimum atomic E-state index is -0.288. The molecule has 26 heavy (non-hydrogen) atoms. The molecule has 1 aromatic rings. The van der Waals surface area contributed by atoms with Gasteiger partial charge in [-0.1, -0.05) is 6.07 Å². The number of imide groups is 1. The standard InChI is InChI=1S/C20H29N3O2S/c1-2-23(12-17-4-3-5-26-17)13-18(24)21-19(25)22-20-9-14-6-15(10-20)8-16(7-14)11-20/h3-5,14-16H,2,6-13H2,1H3,(H2,21,22,24,25)/p+1. The van der Waals surface area contributed by atoms with E-state index in [1.807, 2.05) is 6.07 Å². The molecule has 3 N–H and O–H groups in total. The molecule has 4 bridgehead atoms. The number of hydrogen-bond acceptors (Lipinski definition) is 3. The van der Waals surface area contributed by atoms with Crippen LogP contribution in [0, 0.1) is 17.8 Å². The Morgan fingerprint density at radius 2 is 1.85 bits per heavy atom. The zero-order chi connectivity index (χ0) is 18.1. The largest absolute Gasteiger partial charge is 0.332 e. The van der Waals surface area contributed by atoms with Crippen molar-refractivity contribution in [2.24, 2.45) is 17.8 Å². The molecule has 0 saturated heterocycles. The van der Waals surface area contributed by atoms with E-state index in [4.69, 9.17) is 0 Å². The van der Waals surface area contributed by atoms with Gasteiger partial charge in [-0.15, -0.1) is 11.3 Å². The highest BCUT2D eigenvalue weighted by Gasteiger charge is 2.51. The molecular weight excluding hydrogens is 346 g/mol. The van der Waals surface area contributed by atoms with Crippen LogP contribution in [0.5, 0.6) is 0 Å². The number of carbonyl (C=O) groups excluding carboxylic acids is 2. The zero-order valence-electron chi connectivity index (χ0n) is 15.6. The molecule has 5 nitrogen and oxygen atoms in total. The monoisotopic (exact) mass is 376 g/mol. The third-order valence-electron chi connectivity index (χ3n) is 6.58. The van der Waals surface area contributed by atoms with Crippen molar-refractivity contribution in [1.82, 2.24) is 10.6 Å². The van der Waals surface area contributed by atoms with Gasteiger partial charge in [-0.2, -0.15) is 0 Å². The molecule has 0 radical (unpaired) electrons. The number of amides is 3. The first kappa shape index (κ1) is 18.0. The lowest BCUT2D eigenvalue weighted by Crippen LogP contribution is -3.11. The van der Waals surface area contributed by atoms with E-state index in [-0.39, 0.29) is 17.5 Å². The normalized spacial score (nSPS) is 33.0. The van der Waals surface area contributed by atoms with E-state index in [1.165, 1.54) is 29.0 Å². The van der Waals surface area contributed by atoms with Gasteiger partial charge in [0.25, 0.3) is 5.91 Å². The highest BCUT2D eigenvalue weighted by molar-refractivity contribution is 7.09. The fourth-order valence-electron chi connectivity index (χ4n) is 5.91. The number of nitrogens with one attached hydrogen (secondary N) is 3. The van der Waals surface area contributed by atoms with E-state index < -0.39 is 0 Å². The van der Waals surface area contributed by atoms with Crippen LogP contribution in [0.4, 0.5) is 4.79 Å². The molecule has 6 heteroatoms. The summed E-state index contributed by atoms with van der Waals surface area (Å²) in [5.41, 5.74) is -0.0482. The van der Waals surface area contributed by atoms with Crippen LogP contribution in [0.3, 0.4) is 0 Å². The van der Waals surface area contributed by atoms with Gasteiger partial charge in [-0.05, 0) is 74.6 Å². The number of quaternary nitrogens is 1. The predicted octanol–water partition coefficient (Wildman–Crippen LogP) is 1.95. The topological polar surface area (TPSA) is 62.6 Å². The average molecular weight is 377 g/mol. The lowest BCUT2D eigenvalue weighted by atomic mass is 9.53. The first-order valence-electron chi connectivity index (χ1n) is 10.0. The van der Waals surface area contributed by atoms with E-state index in [0.717, 1.165) is 50.1 Å². The second-order valence-corrected chi connectivity index (χ2v) is 9.77. The van der Waals surface area contributed by atoms with E-state index in [1.54, 1.807) is 11.3 Å². The van der Waals surface area contributed by atoms with Gasteiger partial charge in [0.15, 0.2) is 6.54 Å². The summed E-state index contributed by atoms with van der Waals surface area (Å²) >= 11 is 1.71. The number of thiophene rings is 1. The fourth-order valence-corrected chi connectivity index (χ4v) is 6.68. The van der Waals surface area contributed by atoms with E-state index in [2.05, 4.69) is 29.0 Å². The van der Waals surface area contributed by atoms with Gasteiger partial charge in [0.1, 0.15) is 6.54 Å². The quantitative estimate of drug-likeness (QED) is 0.711. The van der Waals surface area contributed by atoms with Crippen LogP contribution in [0.2, 0.25) is 0 Å². The van der Waals surface area contributed by atoms with Crippen LogP contribution in [0.25, 0.3) is 0 Å². The van der Waals surface area contributed by atoms with Crippen molar-refractivity contribution in [1.29, 1.82) is 0 Å². The Labute approximate surface area is 159 Å². The Morgan fingerprint density at radius 3 is 2.38 bits per heavy atom. The maximum atomic E-state index is 12.5. The van der Waals surface area contributed by atoms with Crippen LogP contribution in [0.15, 0.2) is 17.5 Å². The molecule has 1 aromatic heterocycles. The SMILES string of the molecule is CC[NH+](CC(=O)NC(=O)NC12CC3CC(CC(C3)C1)C2)Cc1cccs1. The van der Waals surface area contributed by atoms with Gasteiger partial charge in [0.2, 0.25) is 0 Å². The maximum absolute atomic E-state index is 12.5. The van der Waals surface area contributed by atoms with Crippen LogP contribution >= 0.6 is 11.3 Å². The first-order chi connectivity index (χ1) is 12.5. The Morgan fingerprint density at radius 1 is 1.19 bits per heavy atom. The minimum Gasteiger partial charge on any atom is -0.332 e. The van der Waals surface area contributed by atoms with Crippen molar-refractivity contribution in [2.45, 2.75) is 57.5 Å². The van der Waals surface area contributed by atoms with Crippen molar-refractivity contribution in [3.05, 3.63) is 22.4 Å². The van der Waals surface area contributed by atoms with Crippen molar-refractivity contribution >= 4 is 23.3 Å². The third-order valence-corrected chi connectivity index (χ3v) is 7.46. The number of carbonyl (C=O) groups is 2. The van der Waals surface area contributed by atoms with Crippen molar-refractivity contribution < 1.29 is 14.5 Å². The predicted molar refractivity (Wildman–Crippen MR) is 102 cm³/mol. The summed E-state index contributed by atoms with van der Waals surface area (Å²) in [5.74, 6) is 2.16. The minimum absolute atomic E-state index is 0.0482. The van der Waals surface area contributed by atoms with Crippen LogP contribution < -0.4 is 15.5 Å². The summed E-state index contributed by atoms with van der Waals surface area (Å²) in [7, 11) is 0. The van der Waals surface area contributed by atoms with Gasteiger partial charge in [-0.3, -0.25) is 10.1 Å². The average Bonchev–Trinajstić information content (AvgIpc) is 3.05. The number of likely N-dealkylation sites (N-methyl/N-ethyl adjacent to an activating group) is 1. The van der Waals surface area contributed by atoms with Gasteiger partial charge in [0, 0.05) is 5.54 Å². The molecule has 4 aliphatic carbocycles. The number of hydrogen-bond donors (Lipinski definition) is 3. The van der Waals surface area contributed by atoms with E-state index in [0.29, 0.717) is 6.54 Å². The molecule has 142 valence electrons. The van der Waals surface area contributed by atoms with Gasteiger partial charge < -0.3 is 10.2 Å². The number of urea groups is 1. The molecule has 3 amide bonds. The van der Waals surface area contributed by atoms with Gasteiger partial charge in [-0.25, -0.2) is 4.79 Å². The molecule has 0 aliphatic heterocycles. The lowest BCUT2D eigenvalue weighted by molar-refractivity contribution is -0.903. The maximum Gasteiger partial charge on any atom is 0.322 e. The summed E-state index contributed by atoms with van der Waals surface area (Å²) in [6.45, 7) is 4.11. The molecule has 1 heterocycles. The Kier molecular flexibility index (Phi) is 5.06. The molecule has 0 spiro atoms. The summed E-state index contributed by atoms with van der Waals surface area (Å²) in [6, 6.07) is 3.84. The Hall–Kier alpha value is -1.40. The van der Waals surface area contributed by atoms with Gasteiger partial charge >= 0.3 is 6.03 Å². The second kappa shape index (κ2) is 7.31. The molecule has 4 saturated carbocycles.